The summed E-state index contributed by atoms with van der Waals surface area (Å²) in [6.07, 6.45) is 0. The Morgan fingerprint density at radius 1 is 0.196 bits per heavy atom. The first kappa shape index (κ1) is 26.4. The molecule has 9 rings (SSSR count). The number of fused-ring (bicyclic) bond motifs is 4. The van der Waals surface area contributed by atoms with Crippen molar-refractivity contribution in [1.29, 1.82) is 0 Å². The van der Waals surface area contributed by atoms with Crippen LogP contribution in [0.25, 0.3) is 87.6 Å². The van der Waals surface area contributed by atoms with Crippen LogP contribution >= 0.6 is 0 Å². The summed E-state index contributed by atoms with van der Waals surface area (Å²) in [7, 11) is 0. The monoisotopic (exact) mass is 582 g/mol. The molecule has 0 N–H and O–H groups in total. The quantitative estimate of drug-likeness (QED) is 0.181. The molecule has 0 aliphatic carbocycles. The molecule has 0 fully saturated rings. The van der Waals surface area contributed by atoms with E-state index in [1.165, 1.54) is 87.6 Å². The van der Waals surface area contributed by atoms with Crippen LogP contribution in [0.2, 0.25) is 0 Å². The highest BCUT2D eigenvalue weighted by atomic mass is 14.2. The van der Waals surface area contributed by atoms with E-state index in [9.17, 15) is 0 Å². The molecule has 0 saturated carbocycles. The normalized spacial score (nSPS) is 11.5. The van der Waals surface area contributed by atoms with Gasteiger partial charge in [0.15, 0.2) is 0 Å². The second-order valence-corrected chi connectivity index (χ2v) is 12.1. The van der Waals surface area contributed by atoms with Crippen molar-refractivity contribution in [2.24, 2.45) is 0 Å². The van der Waals surface area contributed by atoms with Crippen LogP contribution in [0.5, 0.6) is 0 Å². The van der Waals surface area contributed by atoms with Gasteiger partial charge >= 0.3 is 0 Å². The van der Waals surface area contributed by atoms with Crippen LogP contribution in [0.1, 0.15) is 0 Å². The Balaban J connectivity index is 1.35. The van der Waals surface area contributed by atoms with Crippen LogP contribution in [0.3, 0.4) is 0 Å². The van der Waals surface area contributed by atoms with E-state index in [4.69, 9.17) is 0 Å². The summed E-state index contributed by atoms with van der Waals surface area (Å²) in [6.45, 7) is 0. The van der Waals surface area contributed by atoms with Crippen LogP contribution < -0.4 is 0 Å². The molecule has 46 heavy (non-hydrogen) atoms. The van der Waals surface area contributed by atoms with Gasteiger partial charge in [-0.1, -0.05) is 158 Å². The lowest BCUT2D eigenvalue weighted by Gasteiger charge is -2.19. The molecule has 9 aromatic rings. The number of hydrogen-bond acceptors (Lipinski definition) is 0. The SMILES string of the molecule is c1ccc(-c2ccc(-c3c4ccccc4cc4c(-c5ccc(-c6ccccc6)cc5)c5cc6ccccc6cc5cc34)cc2)cc1. The van der Waals surface area contributed by atoms with Crippen molar-refractivity contribution in [2.45, 2.75) is 0 Å². The Hall–Kier alpha value is -5.98. The predicted molar refractivity (Wildman–Crippen MR) is 198 cm³/mol. The number of hydrogen-bond donors (Lipinski definition) is 0. The molecule has 0 aromatic heterocycles. The molecule has 0 saturated heterocycles. The summed E-state index contributed by atoms with van der Waals surface area (Å²) in [4.78, 5) is 0. The lowest BCUT2D eigenvalue weighted by atomic mass is 9.85. The molecule has 0 unspecified atom stereocenters. The summed E-state index contributed by atoms with van der Waals surface area (Å²) in [5, 5.41) is 10.1. The molecule has 9 aromatic carbocycles. The van der Waals surface area contributed by atoms with E-state index in [2.05, 4.69) is 182 Å². The van der Waals surface area contributed by atoms with Gasteiger partial charge < -0.3 is 0 Å². The fraction of sp³-hybridized carbons (Fsp3) is 0. The second-order valence-electron chi connectivity index (χ2n) is 12.1. The van der Waals surface area contributed by atoms with Crippen molar-refractivity contribution in [3.8, 4) is 44.5 Å². The van der Waals surface area contributed by atoms with E-state index in [0.717, 1.165) is 0 Å². The molecule has 0 bridgehead atoms. The third-order valence-corrected chi connectivity index (χ3v) is 9.41. The average molecular weight is 583 g/mol. The minimum atomic E-state index is 1.23. The summed E-state index contributed by atoms with van der Waals surface area (Å²) < 4.78 is 0. The molecular formula is C46H30. The molecule has 0 aliphatic rings. The zero-order valence-corrected chi connectivity index (χ0v) is 25.3. The molecule has 0 nitrogen and oxygen atoms in total. The van der Waals surface area contributed by atoms with Gasteiger partial charge in [0.25, 0.3) is 0 Å². The third-order valence-electron chi connectivity index (χ3n) is 9.41. The van der Waals surface area contributed by atoms with Crippen LogP contribution in [0, 0.1) is 0 Å². The maximum atomic E-state index is 2.42. The van der Waals surface area contributed by atoms with E-state index in [0.29, 0.717) is 0 Å². The van der Waals surface area contributed by atoms with Crippen molar-refractivity contribution in [3.05, 3.63) is 182 Å². The molecule has 0 amide bonds. The first-order valence-electron chi connectivity index (χ1n) is 15.9. The minimum absolute atomic E-state index is 1.23. The largest absolute Gasteiger partial charge is 0.0622 e. The molecule has 0 atom stereocenters. The second kappa shape index (κ2) is 10.9. The smallest absolute Gasteiger partial charge is 0.00261 e. The van der Waals surface area contributed by atoms with Crippen LogP contribution in [0.4, 0.5) is 0 Å². The highest BCUT2D eigenvalue weighted by Crippen LogP contribution is 2.45. The zero-order chi connectivity index (χ0) is 30.5. The summed E-state index contributed by atoms with van der Waals surface area (Å²) in [5.41, 5.74) is 9.94. The summed E-state index contributed by atoms with van der Waals surface area (Å²) >= 11 is 0. The first-order chi connectivity index (χ1) is 22.8. The van der Waals surface area contributed by atoms with E-state index in [1.54, 1.807) is 0 Å². The lowest BCUT2D eigenvalue weighted by molar-refractivity contribution is 1.61. The standard InChI is InChI=1S/C46H30/c1-3-11-31(12-4-1)33-19-23-35(24-20-33)45-41-18-10-9-17-39(41)29-43-44(45)30-40-27-37-15-7-8-16-38(37)28-42(40)46(43)36-25-21-34(22-26-36)32-13-5-2-6-14-32/h1-30H. The zero-order valence-electron chi connectivity index (χ0n) is 25.3. The van der Waals surface area contributed by atoms with Gasteiger partial charge in [0.05, 0.1) is 0 Å². The highest BCUT2D eigenvalue weighted by Gasteiger charge is 2.17. The molecule has 0 aliphatic heterocycles. The minimum Gasteiger partial charge on any atom is -0.0622 e. The fourth-order valence-electron chi connectivity index (χ4n) is 7.16. The maximum Gasteiger partial charge on any atom is -0.00261 e. The van der Waals surface area contributed by atoms with E-state index < -0.39 is 0 Å². The van der Waals surface area contributed by atoms with Crippen molar-refractivity contribution in [3.63, 3.8) is 0 Å². The highest BCUT2D eigenvalue weighted by molar-refractivity contribution is 6.23. The molecule has 0 spiro atoms. The van der Waals surface area contributed by atoms with E-state index in [-0.39, 0.29) is 0 Å². The number of rotatable bonds is 4. The van der Waals surface area contributed by atoms with Gasteiger partial charge in [-0.05, 0) is 112 Å². The van der Waals surface area contributed by atoms with Gasteiger partial charge in [0, 0.05) is 0 Å². The van der Waals surface area contributed by atoms with Gasteiger partial charge in [0.2, 0.25) is 0 Å². The van der Waals surface area contributed by atoms with Crippen LogP contribution in [-0.2, 0) is 0 Å². The Morgan fingerprint density at radius 2 is 0.565 bits per heavy atom. The van der Waals surface area contributed by atoms with Gasteiger partial charge in [0.1, 0.15) is 0 Å². The Kier molecular flexibility index (Phi) is 6.25. The van der Waals surface area contributed by atoms with Crippen LogP contribution in [-0.4, -0.2) is 0 Å². The van der Waals surface area contributed by atoms with Gasteiger partial charge in [-0.3, -0.25) is 0 Å². The van der Waals surface area contributed by atoms with Crippen molar-refractivity contribution in [1.82, 2.24) is 0 Å². The molecule has 0 heterocycles. The van der Waals surface area contributed by atoms with Crippen molar-refractivity contribution >= 4 is 43.1 Å². The topological polar surface area (TPSA) is 0 Å². The molecule has 0 radical (unpaired) electrons. The molecule has 0 heteroatoms. The van der Waals surface area contributed by atoms with Gasteiger partial charge in [-0.2, -0.15) is 0 Å². The van der Waals surface area contributed by atoms with Gasteiger partial charge in [-0.15, -0.1) is 0 Å². The predicted octanol–water partition coefficient (Wildman–Crippen LogP) is 13.0. The van der Waals surface area contributed by atoms with Gasteiger partial charge in [-0.25, -0.2) is 0 Å². The third kappa shape index (κ3) is 4.47. The number of benzene rings is 9. The maximum absolute atomic E-state index is 2.42. The van der Waals surface area contributed by atoms with Crippen molar-refractivity contribution in [2.75, 3.05) is 0 Å². The van der Waals surface area contributed by atoms with E-state index >= 15 is 0 Å². The Morgan fingerprint density at radius 3 is 1.13 bits per heavy atom. The first-order valence-corrected chi connectivity index (χ1v) is 15.9. The molecule has 214 valence electrons. The lowest BCUT2D eigenvalue weighted by Crippen LogP contribution is -1.91. The van der Waals surface area contributed by atoms with E-state index in [1.807, 2.05) is 0 Å². The summed E-state index contributed by atoms with van der Waals surface area (Å²) in [6, 6.07) is 66.6. The van der Waals surface area contributed by atoms with Crippen LogP contribution in [0.15, 0.2) is 182 Å². The average Bonchev–Trinajstić information content (AvgIpc) is 3.13. The Bertz CT molecular complexity index is 2520. The molecular weight excluding hydrogens is 553 g/mol. The fourth-order valence-corrected chi connectivity index (χ4v) is 7.16. The Labute approximate surface area is 268 Å². The summed E-state index contributed by atoms with van der Waals surface area (Å²) in [5.74, 6) is 0. The van der Waals surface area contributed by atoms with Crippen molar-refractivity contribution < 1.29 is 0 Å².